The van der Waals surface area contributed by atoms with Gasteiger partial charge < -0.3 is 9.80 Å². The Hall–Kier alpha value is -3.38. The Morgan fingerprint density at radius 2 is 1.77 bits per heavy atom. The number of alkyl halides is 5. The first-order chi connectivity index (χ1) is 16.6. The van der Waals surface area contributed by atoms with Gasteiger partial charge in [-0.1, -0.05) is 6.07 Å². The van der Waals surface area contributed by atoms with Crippen molar-refractivity contribution in [3.63, 3.8) is 0 Å². The number of rotatable bonds is 5. The highest BCUT2D eigenvalue weighted by Gasteiger charge is 2.48. The molecule has 186 valence electrons. The van der Waals surface area contributed by atoms with Gasteiger partial charge in [0, 0.05) is 19.6 Å². The summed E-state index contributed by atoms with van der Waals surface area (Å²) in [5, 5.41) is 3.93. The van der Waals surface area contributed by atoms with E-state index in [-0.39, 0.29) is 23.8 Å². The summed E-state index contributed by atoms with van der Waals surface area (Å²) in [5.41, 5.74) is -0.649. The number of hydrogen-bond acceptors (Lipinski definition) is 6. The first-order valence-corrected chi connectivity index (χ1v) is 11.2. The van der Waals surface area contributed by atoms with Crippen molar-refractivity contribution in [3.8, 4) is 0 Å². The number of carbonyl (C=O) groups excluding carboxylic acids is 1. The van der Waals surface area contributed by atoms with Crippen LogP contribution in [0.25, 0.3) is 11.2 Å². The fraction of sp³-hybridized carbons (Fsp3) is 0.500. The number of hydrogen-bond donors (Lipinski definition) is 0. The lowest BCUT2D eigenvalue weighted by molar-refractivity contribution is -0.141. The smallest absolute Gasteiger partial charge is 0.355 e. The monoisotopic (exact) mass is 495 g/mol. The summed E-state index contributed by atoms with van der Waals surface area (Å²) < 4.78 is 65.7. The predicted molar refractivity (Wildman–Crippen MR) is 114 cm³/mol. The number of aromatic nitrogens is 5. The Balaban J connectivity index is 1.26. The third-order valence-corrected chi connectivity index (χ3v) is 6.74. The number of likely N-dealkylation sites (tertiary alicyclic amines) is 1. The Labute approximate surface area is 196 Å². The molecule has 0 aliphatic carbocycles. The molecule has 3 aromatic rings. The molecule has 0 saturated carbocycles. The summed E-state index contributed by atoms with van der Waals surface area (Å²) in [6.07, 6.45) is -2.43. The zero-order valence-corrected chi connectivity index (χ0v) is 18.5. The van der Waals surface area contributed by atoms with E-state index in [0.29, 0.717) is 50.2 Å². The van der Waals surface area contributed by atoms with Crippen molar-refractivity contribution in [2.45, 2.75) is 45.0 Å². The summed E-state index contributed by atoms with van der Waals surface area (Å²) in [7, 11) is 0. The van der Waals surface area contributed by atoms with Gasteiger partial charge in [0.25, 0.3) is 6.43 Å². The summed E-state index contributed by atoms with van der Waals surface area (Å²) in [4.78, 5) is 29.2. The van der Waals surface area contributed by atoms with Gasteiger partial charge in [0.15, 0.2) is 5.65 Å². The van der Waals surface area contributed by atoms with Crippen molar-refractivity contribution < 1.29 is 26.7 Å². The molecule has 2 saturated heterocycles. The fourth-order valence-corrected chi connectivity index (χ4v) is 4.85. The van der Waals surface area contributed by atoms with E-state index in [1.165, 1.54) is 18.3 Å². The number of piperidine rings is 1. The third kappa shape index (κ3) is 4.50. The van der Waals surface area contributed by atoms with E-state index in [9.17, 15) is 26.7 Å². The lowest BCUT2D eigenvalue weighted by Gasteiger charge is -2.38. The van der Waals surface area contributed by atoms with E-state index in [1.54, 1.807) is 11.1 Å². The maximum atomic E-state index is 13.2. The van der Waals surface area contributed by atoms with Crippen molar-refractivity contribution in [1.29, 1.82) is 0 Å². The molecule has 1 amide bonds. The summed E-state index contributed by atoms with van der Waals surface area (Å²) >= 11 is 0. The molecule has 0 atom stereocenters. The van der Waals surface area contributed by atoms with Crippen LogP contribution in [-0.4, -0.2) is 61.6 Å². The van der Waals surface area contributed by atoms with Crippen molar-refractivity contribution in [2.24, 2.45) is 5.41 Å². The number of halogens is 5. The second-order valence-electron chi connectivity index (χ2n) is 8.91. The van der Waals surface area contributed by atoms with Crippen LogP contribution in [0.3, 0.4) is 0 Å². The third-order valence-electron chi connectivity index (χ3n) is 6.74. The molecule has 0 radical (unpaired) electrons. The van der Waals surface area contributed by atoms with E-state index in [4.69, 9.17) is 0 Å². The van der Waals surface area contributed by atoms with Gasteiger partial charge >= 0.3 is 6.18 Å². The quantitative estimate of drug-likeness (QED) is 0.504. The normalized spacial score (nSPS) is 18.4. The van der Waals surface area contributed by atoms with Gasteiger partial charge in [-0.05, 0) is 31.4 Å². The van der Waals surface area contributed by atoms with Gasteiger partial charge in [0.1, 0.15) is 23.6 Å². The van der Waals surface area contributed by atoms with E-state index in [1.807, 2.05) is 4.90 Å². The van der Waals surface area contributed by atoms with Crippen LogP contribution in [0.2, 0.25) is 0 Å². The van der Waals surface area contributed by atoms with E-state index < -0.39 is 30.3 Å². The fourth-order valence-electron chi connectivity index (χ4n) is 4.85. The maximum Gasteiger partial charge on any atom is 0.433 e. The van der Waals surface area contributed by atoms with Gasteiger partial charge in [0.2, 0.25) is 5.91 Å². The minimum Gasteiger partial charge on any atom is -0.355 e. The number of carbonyl (C=O) groups is 1. The summed E-state index contributed by atoms with van der Waals surface area (Å²) in [6, 6.07) is 3.70. The molecule has 2 aliphatic rings. The summed E-state index contributed by atoms with van der Waals surface area (Å²) in [5.74, 6) is 0.451. The average Bonchev–Trinajstić information content (AvgIpc) is 3.35. The molecule has 1 spiro atoms. The highest BCUT2D eigenvalue weighted by Crippen LogP contribution is 2.42. The van der Waals surface area contributed by atoms with Crippen LogP contribution < -0.4 is 4.90 Å². The molecule has 5 heterocycles. The molecular formula is C22H22F5N7O. The molecule has 5 rings (SSSR count). The van der Waals surface area contributed by atoms with E-state index in [2.05, 4.69) is 20.1 Å². The van der Waals surface area contributed by atoms with Crippen LogP contribution in [0.5, 0.6) is 0 Å². The summed E-state index contributed by atoms with van der Waals surface area (Å²) in [6.45, 7) is 0.949. The average molecular weight is 495 g/mol. The van der Waals surface area contributed by atoms with Crippen LogP contribution >= 0.6 is 0 Å². The van der Waals surface area contributed by atoms with Gasteiger partial charge in [-0.25, -0.2) is 28.4 Å². The highest BCUT2D eigenvalue weighted by atomic mass is 19.4. The topological polar surface area (TPSA) is 80.0 Å². The van der Waals surface area contributed by atoms with E-state index >= 15 is 0 Å². The van der Waals surface area contributed by atoms with Crippen molar-refractivity contribution in [1.82, 2.24) is 29.6 Å². The number of amides is 1. The molecule has 2 fully saturated rings. The van der Waals surface area contributed by atoms with Gasteiger partial charge in [-0.15, -0.1) is 0 Å². The minimum atomic E-state index is -4.54. The molecule has 2 aliphatic heterocycles. The predicted octanol–water partition coefficient (Wildman–Crippen LogP) is 3.52. The van der Waals surface area contributed by atoms with Gasteiger partial charge in [-0.2, -0.15) is 18.3 Å². The van der Waals surface area contributed by atoms with Crippen LogP contribution in [-0.2, 0) is 24.1 Å². The number of fused-ring (bicyclic) bond motifs is 1. The minimum absolute atomic E-state index is 0.0322. The molecule has 8 nitrogen and oxygen atoms in total. The zero-order chi connectivity index (χ0) is 24.8. The number of nitrogens with zero attached hydrogens (tertiary/aromatic N) is 7. The number of anilines is 1. The van der Waals surface area contributed by atoms with Crippen LogP contribution in [0.4, 0.5) is 27.8 Å². The largest absolute Gasteiger partial charge is 0.433 e. The number of pyridine rings is 1. The Kier molecular flexibility index (Phi) is 5.80. The maximum absolute atomic E-state index is 13.2. The molecule has 0 bridgehead atoms. The molecule has 0 N–H and O–H groups in total. The van der Waals surface area contributed by atoms with Crippen molar-refractivity contribution in [2.75, 3.05) is 24.5 Å². The van der Waals surface area contributed by atoms with Gasteiger partial charge in [0.05, 0.1) is 30.0 Å². The molecule has 0 aromatic carbocycles. The highest BCUT2D eigenvalue weighted by molar-refractivity contribution is 5.85. The molecule has 0 unspecified atom stereocenters. The van der Waals surface area contributed by atoms with Crippen LogP contribution in [0.1, 0.15) is 30.7 Å². The van der Waals surface area contributed by atoms with E-state index in [0.717, 1.165) is 10.7 Å². The lowest BCUT2D eigenvalue weighted by Crippen LogP contribution is -2.45. The van der Waals surface area contributed by atoms with Crippen molar-refractivity contribution >= 4 is 22.9 Å². The Bertz CT molecular complexity index is 1240. The second-order valence-corrected chi connectivity index (χ2v) is 8.91. The van der Waals surface area contributed by atoms with Crippen LogP contribution in [0, 0.1) is 5.41 Å². The van der Waals surface area contributed by atoms with Crippen molar-refractivity contribution in [3.05, 3.63) is 42.0 Å². The standard InChI is InChI=1S/C22H22F5N7O/c23-17(24)13-34-19-15(10-29-34)28-11-18(31-19)32-7-4-21(5-8-32)6-9-33(20(21)35)12-14-2-1-3-16(30-14)22(25,26)27/h1-3,10-11,17H,4-9,12-13H2. The first kappa shape index (κ1) is 23.4. The SMILES string of the molecule is O=C1N(Cc2cccc(C(F)(F)F)n2)CCC12CCN(c1cnc3cnn(CC(F)F)c3n1)CC2. The molecule has 13 heteroatoms. The molecule has 3 aromatic heterocycles. The Morgan fingerprint density at radius 1 is 1.03 bits per heavy atom. The zero-order valence-electron chi connectivity index (χ0n) is 18.5. The molecule has 35 heavy (non-hydrogen) atoms. The first-order valence-electron chi connectivity index (χ1n) is 11.2. The lowest BCUT2D eigenvalue weighted by atomic mass is 9.77. The second kappa shape index (κ2) is 8.68. The Morgan fingerprint density at radius 3 is 2.49 bits per heavy atom. The van der Waals surface area contributed by atoms with Gasteiger partial charge in [-0.3, -0.25) is 4.79 Å². The van der Waals surface area contributed by atoms with Crippen LogP contribution in [0.15, 0.2) is 30.6 Å². The molecular weight excluding hydrogens is 473 g/mol.